The van der Waals surface area contributed by atoms with Crippen LogP contribution in [0.5, 0.6) is 0 Å². The van der Waals surface area contributed by atoms with Gasteiger partial charge in [-0.25, -0.2) is 0 Å². The zero-order valence-electron chi connectivity index (χ0n) is 16.2. The van der Waals surface area contributed by atoms with Crippen LogP contribution < -0.4 is 4.90 Å². The van der Waals surface area contributed by atoms with Crippen molar-refractivity contribution in [2.45, 2.75) is 5.92 Å². The average molecular weight is 383 g/mol. The van der Waals surface area contributed by atoms with E-state index in [9.17, 15) is 10.5 Å². The number of nitrogens with zero attached hydrogens (tertiary/aromatic N) is 3. The van der Waals surface area contributed by atoms with Crippen LogP contribution in [0.3, 0.4) is 0 Å². The van der Waals surface area contributed by atoms with E-state index in [2.05, 4.69) is 77.7 Å². The predicted octanol–water partition coefficient (Wildman–Crippen LogP) is 6.39. The number of rotatable bonds is 2. The van der Waals surface area contributed by atoms with E-state index in [1.165, 1.54) is 16.7 Å². The van der Waals surface area contributed by atoms with E-state index >= 15 is 0 Å². The molecule has 0 unspecified atom stereocenters. The van der Waals surface area contributed by atoms with Gasteiger partial charge in [-0.15, -0.1) is 0 Å². The Hall–Kier alpha value is -4.34. The molecule has 0 spiro atoms. The van der Waals surface area contributed by atoms with Crippen LogP contribution in [0.25, 0.3) is 0 Å². The highest BCUT2D eigenvalue weighted by molar-refractivity contribution is 5.88. The molecule has 1 aliphatic heterocycles. The lowest BCUT2D eigenvalue weighted by Crippen LogP contribution is -2.23. The Morgan fingerprint density at radius 2 is 1.20 bits per heavy atom. The molecule has 5 rings (SSSR count). The first kappa shape index (κ1) is 17.7. The lowest BCUT2D eigenvalue weighted by molar-refractivity contribution is 0.938. The van der Waals surface area contributed by atoms with Gasteiger partial charge in [0.15, 0.2) is 0 Å². The van der Waals surface area contributed by atoms with E-state index in [-0.39, 0.29) is 5.92 Å². The maximum absolute atomic E-state index is 9.78. The second-order valence-electron chi connectivity index (χ2n) is 7.25. The number of fused-ring (bicyclic) bond motifs is 2. The van der Waals surface area contributed by atoms with Crippen molar-refractivity contribution in [2.75, 3.05) is 4.90 Å². The van der Waals surface area contributed by atoms with Crippen molar-refractivity contribution in [3.63, 3.8) is 0 Å². The molecule has 0 radical (unpaired) electrons. The van der Waals surface area contributed by atoms with E-state index in [1.54, 1.807) is 18.2 Å². The lowest BCUT2D eigenvalue weighted by Gasteiger charge is -2.38. The molecule has 3 heteroatoms. The topological polar surface area (TPSA) is 50.8 Å². The van der Waals surface area contributed by atoms with Gasteiger partial charge in [0.1, 0.15) is 6.07 Å². The van der Waals surface area contributed by atoms with Crippen LogP contribution >= 0.6 is 0 Å². The number of para-hydroxylation sites is 2. The van der Waals surface area contributed by atoms with Crippen molar-refractivity contribution >= 4 is 17.1 Å². The van der Waals surface area contributed by atoms with Crippen molar-refractivity contribution in [3.05, 3.63) is 125 Å². The summed E-state index contributed by atoms with van der Waals surface area (Å²) in [5.74, 6) is 0.0968. The largest absolute Gasteiger partial charge is 0.308 e. The summed E-state index contributed by atoms with van der Waals surface area (Å²) in [7, 11) is 0. The molecule has 1 aliphatic rings. The van der Waals surface area contributed by atoms with Crippen molar-refractivity contribution in [2.24, 2.45) is 0 Å². The summed E-state index contributed by atoms with van der Waals surface area (Å²) in [6.45, 7) is 0. The minimum absolute atomic E-state index is 0.0968. The first-order chi connectivity index (χ1) is 14.8. The summed E-state index contributed by atoms with van der Waals surface area (Å²) in [6.07, 6.45) is 0. The number of hydrogen-bond donors (Lipinski definition) is 0. The summed E-state index contributed by atoms with van der Waals surface area (Å²) in [5.41, 5.74) is 7.42. The van der Waals surface area contributed by atoms with E-state index in [1.807, 2.05) is 18.2 Å². The molecular weight excluding hydrogens is 366 g/mol. The Morgan fingerprint density at radius 3 is 1.80 bits per heavy atom. The van der Waals surface area contributed by atoms with E-state index in [4.69, 9.17) is 0 Å². The fourth-order valence-corrected chi connectivity index (χ4v) is 4.31. The van der Waals surface area contributed by atoms with E-state index in [0.717, 1.165) is 17.1 Å². The lowest BCUT2D eigenvalue weighted by atomic mass is 9.80. The van der Waals surface area contributed by atoms with Crippen molar-refractivity contribution in [1.82, 2.24) is 0 Å². The molecule has 30 heavy (non-hydrogen) atoms. The van der Waals surface area contributed by atoms with Gasteiger partial charge < -0.3 is 4.90 Å². The summed E-state index contributed by atoms with van der Waals surface area (Å²) in [5, 5.41) is 19.2. The van der Waals surface area contributed by atoms with Crippen LogP contribution in [0.1, 0.15) is 33.7 Å². The fourth-order valence-electron chi connectivity index (χ4n) is 4.31. The number of benzene rings is 4. The fraction of sp³-hybridized carbons (Fsp3) is 0.0370. The van der Waals surface area contributed by atoms with Gasteiger partial charge in [0.2, 0.25) is 0 Å². The molecule has 0 atom stereocenters. The summed E-state index contributed by atoms with van der Waals surface area (Å²) < 4.78 is 0. The van der Waals surface area contributed by atoms with Crippen LogP contribution in [0.4, 0.5) is 17.1 Å². The first-order valence-electron chi connectivity index (χ1n) is 9.79. The third-order valence-electron chi connectivity index (χ3n) is 5.60. The molecule has 4 aromatic rings. The zero-order valence-corrected chi connectivity index (χ0v) is 16.2. The Morgan fingerprint density at radius 1 is 0.600 bits per heavy atom. The quantitative estimate of drug-likeness (QED) is 0.355. The molecule has 0 N–H and O–H groups in total. The number of nitriles is 2. The Labute approximate surface area is 175 Å². The molecule has 0 aliphatic carbocycles. The van der Waals surface area contributed by atoms with Crippen LogP contribution in [0, 0.1) is 22.7 Å². The van der Waals surface area contributed by atoms with Gasteiger partial charge in [-0.05, 0) is 47.0 Å². The monoisotopic (exact) mass is 383 g/mol. The SMILES string of the molecule is N#Cc1ccc(C#N)c(N2c3ccccc3C(c3ccccc3)c3ccccc32)c1. The van der Waals surface area contributed by atoms with E-state index in [0.29, 0.717) is 11.1 Å². The molecule has 0 fully saturated rings. The number of anilines is 3. The van der Waals surface area contributed by atoms with Crippen LogP contribution in [-0.4, -0.2) is 0 Å². The number of hydrogen-bond acceptors (Lipinski definition) is 3. The molecule has 0 aromatic heterocycles. The van der Waals surface area contributed by atoms with Crippen LogP contribution in [0.2, 0.25) is 0 Å². The van der Waals surface area contributed by atoms with Gasteiger partial charge in [-0.3, -0.25) is 0 Å². The molecule has 0 bridgehead atoms. The molecule has 0 amide bonds. The summed E-state index contributed by atoms with van der Waals surface area (Å²) in [6, 6.07) is 36.8. The second kappa shape index (κ2) is 7.24. The highest BCUT2D eigenvalue weighted by Gasteiger charge is 2.32. The zero-order chi connectivity index (χ0) is 20.5. The predicted molar refractivity (Wildman–Crippen MR) is 118 cm³/mol. The summed E-state index contributed by atoms with van der Waals surface area (Å²) in [4.78, 5) is 2.11. The van der Waals surface area contributed by atoms with Gasteiger partial charge in [0.25, 0.3) is 0 Å². The standard InChI is InChI=1S/C27H17N3/c28-17-19-14-15-21(18-29)26(16-19)30-24-12-6-4-10-22(24)27(20-8-2-1-3-9-20)23-11-5-7-13-25(23)30/h1-16,27H. The van der Waals surface area contributed by atoms with Crippen molar-refractivity contribution < 1.29 is 0 Å². The highest BCUT2D eigenvalue weighted by Crippen LogP contribution is 2.51. The van der Waals surface area contributed by atoms with Gasteiger partial charge in [0.05, 0.1) is 34.3 Å². The molecule has 0 saturated heterocycles. The molecule has 3 nitrogen and oxygen atoms in total. The Balaban J connectivity index is 1.83. The van der Waals surface area contributed by atoms with E-state index < -0.39 is 0 Å². The minimum atomic E-state index is 0.0968. The van der Waals surface area contributed by atoms with Crippen LogP contribution in [-0.2, 0) is 0 Å². The first-order valence-corrected chi connectivity index (χ1v) is 9.79. The molecule has 1 heterocycles. The van der Waals surface area contributed by atoms with Gasteiger partial charge in [-0.2, -0.15) is 10.5 Å². The van der Waals surface area contributed by atoms with Gasteiger partial charge >= 0.3 is 0 Å². The normalized spacial score (nSPS) is 12.4. The maximum Gasteiger partial charge on any atom is 0.101 e. The van der Waals surface area contributed by atoms with Gasteiger partial charge in [0, 0.05) is 5.92 Å². The van der Waals surface area contributed by atoms with Crippen molar-refractivity contribution in [3.8, 4) is 12.1 Å². The highest BCUT2D eigenvalue weighted by atomic mass is 15.2. The van der Waals surface area contributed by atoms with Gasteiger partial charge in [-0.1, -0.05) is 66.7 Å². The molecule has 140 valence electrons. The Bertz CT molecular complexity index is 1280. The molecule has 4 aromatic carbocycles. The van der Waals surface area contributed by atoms with Crippen LogP contribution in [0.15, 0.2) is 97.1 Å². The maximum atomic E-state index is 9.78. The third kappa shape index (κ3) is 2.73. The minimum Gasteiger partial charge on any atom is -0.308 e. The second-order valence-corrected chi connectivity index (χ2v) is 7.25. The molecular formula is C27H17N3. The summed E-state index contributed by atoms with van der Waals surface area (Å²) >= 11 is 0. The Kier molecular flexibility index (Phi) is 4.28. The van der Waals surface area contributed by atoms with Crippen molar-refractivity contribution in [1.29, 1.82) is 10.5 Å². The third-order valence-corrected chi connectivity index (χ3v) is 5.60. The smallest absolute Gasteiger partial charge is 0.101 e. The molecule has 0 saturated carbocycles. The average Bonchev–Trinajstić information content (AvgIpc) is 2.82.